The van der Waals surface area contributed by atoms with Crippen molar-refractivity contribution in [2.24, 2.45) is 5.92 Å². The summed E-state index contributed by atoms with van der Waals surface area (Å²) in [5, 5.41) is 4.53. The number of hydrogen-bond acceptors (Lipinski definition) is 3. The van der Waals surface area contributed by atoms with Gasteiger partial charge in [-0.05, 0) is 30.3 Å². The second kappa shape index (κ2) is 6.98. The summed E-state index contributed by atoms with van der Waals surface area (Å²) in [7, 11) is 0. The highest BCUT2D eigenvalue weighted by Crippen LogP contribution is 2.14. The minimum atomic E-state index is -0.806. The number of rotatable bonds is 3. The Morgan fingerprint density at radius 2 is 2.11 bits per heavy atom. The van der Waals surface area contributed by atoms with Gasteiger partial charge in [-0.15, -0.1) is 0 Å². The number of anilines is 1. The van der Waals surface area contributed by atoms with Gasteiger partial charge in [-0.3, -0.25) is 5.32 Å². The lowest BCUT2D eigenvalue weighted by atomic mass is 10.2. The Balaban J connectivity index is 2.49. The first-order chi connectivity index (χ1) is 8.88. The second-order valence-electron chi connectivity index (χ2n) is 4.20. The molecule has 0 radical (unpaired) electrons. The Bertz CT molecular complexity index is 481. The van der Waals surface area contributed by atoms with Crippen LogP contribution in [0.5, 0.6) is 0 Å². The van der Waals surface area contributed by atoms with Gasteiger partial charge in [0, 0.05) is 6.07 Å². The van der Waals surface area contributed by atoms with Crippen molar-refractivity contribution < 1.29 is 18.3 Å². The molecule has 0 atom stereocenters. The van der Waals surface area contributed by atoms with E-state index in [1.165, 1.54) is 6.07 Å². The summed E-state index contributed by atoms with van der Waals surface area (Å²) >= 11 is 4.80. The molecule has 0 aliphatic heterocycles. The molecular weight excluding hydrogens is 274 g/mol. The third kappa shape index (κ3) is 5.60. The molecule has 0 bridgehead atoms. The van der Waals surface area contributed by atoms with E-state index in [1.807, 2.05) is 13.8 Å². The number of thiocarbonyl (C=S) groups is 1. The number of amides is 1. The first kappa shape index (κ1) is 15.3. The van der Waals surface area contributed by atoms with Crippen LogP contribution in [0.2, 0.25) is 0 Å². The van der Waals surface area contributed by atoms with Gasteiger partial charge >= 0.3 is 6.09 Å². The van der Waals surface area contributed by atoms with Gasteiger partial charge in [-0.2, -0.15) is 0 Å². The monoisotopic (exact) mass is 288 g/mol. The van der Waals surface area contributed by atoms with Crippen LogP contribution < -0.4 is 10.6 Å². The Morgan fingerprint density at radius 3 is 2.68 bits per heavy atom. The molecule has 0 aliphatic rings. The fraction of sp³-hybridized carbons (Fsp3) is 0.333. The zero-order chi connectivity index (χ0) is 14.4. The van der Waals surface area contributed by atoms with Crippen LogP contribution in [0.4, 0.5) is 19.3 Å². The van der Waals surface area contributed by atoms with Crippen LogP contribution >= 0.6 is 12.2 Å². The summed E-state index contributed by atoms with van der Waals surface area (Å²) in [6.45, 7) is 4.02. The molecule has 0 aliphatic carbocycles. The SMILES string of the molecule is CC(C)COC(=O)NC(=S)Nc1ccc(F)cc1F. The van der Waals surface area contributed by atoms with Gasteiger partial charge in [0.05, 0.1) is 12.3 Å². The molecule has 1 aromatic carbocycles. The van der Waals surface area contributed by atoms with Gasteiger partial charge in [0.15, 0.2) is 5.11 Å². The Kier molecular flexibility index (Phi) is 5.62. The summed E-state index contributed by atoms with van der Waals surface area (Å²) in [5.41, 5.74) is -0.0319. The zero-order valence-electron chi connectivity index (χ0n) is 10.5. The van der Waals surface area contributed by atoms with Gasteiger partial charge in [0.1, 0.15) is 11.6 Å². The maximum absolute atomic E-state index is 13.3. The molecule has 104 valence electrons. The maximum Gasteiger partial charge on any atom is 0.413 e. The minimum Gasteiger partial charge on any atom is -0.449 e. The molecule has 19 heavy (non-hydrogen) atoms. The lowest BCUT2D eigenvalue weighted by molar-refractivity contribution is 0.138. The molecule has 0 saturated heterocycles. The molecule has 0 spiro atoms. The van der Waals surface area contributed by atoms with Crippen molar-refractivity contribution >= 4 is 29.1 Å². The normalized spacial score (nSPS) is 10.2. The summed E-state index contributed by atoms with van der Waals surface area (Å²) in [6.07, 6.45) is -0.728. The summed E-state index contributed by atoms with van der Waals surface area (Å²) < 4.78 is 30.8. The first-order valence-electron chi connectivity index (χ1n) is 5.58. The minimum absolute atomic E-state index is 0.0319. The average Bonchev–Trinajstić information content (AvgIpc) is 2.30. The van der Waals surface area contributed by atoms with Gasteiger partial charge < -0.3 is 10.1 Å². The second-order valence-corrected chi connectivity index (χ2v) is 4.60. The molecule has 0 fully saturated rings. The standard InChI is InChI=1S/C12H14F2N2O2S/c1-7(2)6-18-12(17)16-11(19)15-10-4-3-8(13)5-9(10)14/h3-5,7H,6H2,1-2H3,(H2,15,16,17,19). The van der Waals surface area contributed by atoms with Crippen molar-refractivity contribution in [3.8, 4) is 0 Å². The molecule has 1 amide bonds. The number of ether oxygens (including phenoxy) is 1. The van der Waals surface area contributed by atoms with Crippen molar-refractivity contribution in [1.29, 1.82) is 0 Å². The highest BCUT2D eigenvalue weighted by molar-refractivity contribution is 7.80. The quantitative estimate of drug-likeness (QED) is 0.839. The van der Waals surface area contributed by atoms with Crippen LogP contribution in [0, 0.1) is 17.6 Å². The van der Waals surface area contributed by atoms with Crippen molar-refractivity contribution in [1.82, 2.24) is 5.32 Å². The van der Waals surface area contributed by atoms with E-state index < -0.39 is 17.7 Å². The van der Waals surface area contributed by atoms with Crippen LogP contribution in [0.3, 0.4) is 0 Å². The number of benzene rings is 1. The van der Waals surface area contributed by atoms with Gasteiger partial charge in [-0.1, -0.05) is 13.8 Å². The summed E-state index contributed by atoms with van der Waals surface area (Å²) in [4.78, 5) is 11.3. The van der Waals surface area contributed by atoms with Gasteiger partial charge in [0.25, 0.3) is 0 Å². The lowest BCUT2D eigenvalue weighted by Crippen LogP contribution is -2.35. The largest absolute Gasteiger partial charge is 0.449 e. The van der Waals surface area contributed by atoms with E-state index in [4.69, 9.17) is 17.0 Å². The Labute approximate surface area is 115 Å². The van der Waals surface area contributed by atoms with Gasteiger partial charge in [0.2, 0.25) is 0 Å². The molecule has 2 N–H and O–H groups in total. The Morgan fingerprint density at radius 1 is 1.42 bits per heavy atom. The van der Waals surface area contributed by atoms with Crippen molar-refractivity contribution in [2.45, 2.75) is 13.8 Å². The van der Waals surface area contributed by atoms with E-state index in [9.17, 15) is 13.6 Å². The maximum atomic E-state index is 13.3. The smallest absolute Gasteiger partial charge is 0.413 e. The average molecular weight is 288 g/mol. The van der Waals surface area contributed by atoms with Crippen LogP contribution in [0.25, 0.3) is 0 Å². The fourth-order valence-corrected chi connectivity index (χ4v) is 1.31. The number of carbonyl (C=O) groups is 1. The van der Waals surface area contributed by atoms with E-state index in [0.717, 1.165) is 6.07 Å². The molecular formula is C12H14F2N2O2S. The number of nitrogens with one attached hydrogen (secondary N) is 2. The zero-order valence-corrected chi connectivity index (χ0v) is 11.3. The van der Waals surface area contributed by atoms with Crippen molar-refractivity contribution in [2.75, 3.05) is 11.9 Å². The molecule has 1 rings (SSSR count). The number of halogens is 2. The van der Waals surface area contributed by atoms with E-state index in [0.29, 0.717) is 6.07 Å². The van der Waals surface area contributed by atoms with Crippen LogP contribution in [0.15, 0.2) is 18.2 Å². The highest BCUT2D eigenvalue weighted by Gasteiger charge is 2.09. The van der Waals surface area contributed by atoms with Crippen LogP contribution in [-0.2, 0) is 4.74 Å². The molecule has 0 heterocycles. The lowest BCUT2D eigenvalue weighted by Gasteiger charge is -2.11. The summed E-state index contributed by atoms with van der Waals surface area (Å²) in [5.74, 6) is -1.31. The molecule has 0 unspecified atom stereocenters. The molecule has 4 nitrogen and oxygen atoms in total. The van der Waals surface area contributed by atoms with Crippen LogP contribution in [0.1, 0.15) is 13.8 Å². The van der Waals surface area contributed by atoms with E-state index in [-0.39, 0.29) is 23.3 Å². The van der Waals surface area contributed by atoms with Crippen molar-refractivity contribution in [3.63, 3.8) is 0 Å². The molecule has 1 aromatic rings. The molecule has 0 saturated carbocycles. The third-order valence-electron chi connectivity index (χ3n) is 1.94. The molecule has 0 aromatic heterocycles. The Hall–Kier alpha value is -1.76. The van der Waals surface area contributed by atoms with E-state index in [2.05, 4.69) is 10.6 Å². The predicted octanol–water partition coefficient (Wildman–Crippen LogP) is 3.04. The van der Waals surface area contributed by atoms with Crippen LogP contribution in [-0.4, -0.2) is 17.8 Å². The number of alkyl carbamates (subject to hydrolysis) is 1. The van der Waals surface area contributed by atoms with E-state index in [1.54, 1.807) is 0 Å². The summed E-state index contributed by atoms with van der Waals surface area (Å²) in [6, 6.07) is 2.96. The third-order valence-corrected chi connectivity index (χ3v) is 2.15. The first-order valence-corrected chi connectivity index (χ1v) is 5.99. The number of carbonyl (C=O) groups excluding carboxylic acids is 1. The highest BCUT2D eigenvalue weighted by atomic mass is 32.1. The molecule has 7 heteroatoms. The predicted molar refractivity (Wildman–Crippen MR) is 71.9 cm³/mol. The van der Waals surface area contributed by atoms with Crippen molar-refractivity contribution in [3.05, 3.63) is 29.8 Å². The van der Waals surface area contributed by atoms with E-state index >= 15 is 0 Å². The number of hydrogen-bond donors (Lipinski definition) is 2. The fourth-order valence-electron chi connectivity index (χ4n) is 1.12. The van der Waals surface area contributed by atoms with Gasteiger partial charge in [-0.25, -0.2) is 13.6 Å². The topological polar surface area (TPSA) is 50.4 Å².